The molecule has 2 aliphatic rings. The van der Waals surface area contributed by atoms with Gasteiger partial charge in [-0.2, -0.15) is 0 Å². The SMILES string of the molecule is O=C(O)c1ccc2nc(CN3CCC(c4cc(F)ccc4OCc4ccc(Cl)cc4F)CC3)n(C[C@@H]3CCO3)c2c1. The van der Waals surface area contributed by atoms with Crippen molar-refractivity contribution >= 4 is 28.6 Å². The third-order valence-corrected chi connectivity index (χ3v) is 8.25. The number of carboxylic acids is 1. The Bertz CT molecular complexity index is 1580. The van der Waals surface area contributed by atoms with Crippen LogP contribution in [0.1, 0.15) is 52.5 Å². The Morgan fingerprint density at radius 2 is 1.88 bits per heavy atom. The van der Waals surface area contributed by atoms with Gasteiger partial charge in [0.1, 0.15) is 29.8 Å². The Kier molecular flexibility index (Phi) is 7.92. The summed E-state index contributed by atoms with van der Waals surface area (Å²) < 4.78 is 42.3. The van der Waals surface area contributed by atoms with Crippen LogP contribution in [0.15, 0.2) is 54.6 Å². The van der Waals surface area contributed by atoms with Crippen molar-refractivity contribution in [1.29, 1.82) is 0 Å². The summed E-state index contributed by atoms with van der Waals surface area (Å²) in [5.41, 5.74) is 2.95. The van der Waals surface area contributed by atoms with E-state index in [0.717, 1.165) is 61.4 Å². The minimum atomic E-state index is -0.970. The fraction of sp³-hybridized carbons (Fsp3) is 0.355. The second-order valence-electron chi connectivity index (χ2n) is 10.7. The number of aromatic carboxylic acids is 1. The van der Waals surface area contributed by atoms with Crippen LogP contribution in [-0.4, -0.2) is 51.3 Å². The molecule has 0 saturated carbocycles. The molecule has 3 heterocycles. The van der Waals surface area contributed by atoms with Crippen LogP contribution in [0.3, 0.4) is 0 Å². The molecule has 4 aromatic rings. The molecule has 0 bridgehead atoms. The van der Waals surface area contributed by atoms with E-state index in [1.165, 1.54) is 18.2 Å². The van der Waals surface area contributed by atoms with Gasteiger partial charge in [-0.15, -0.1) is 0 Å². The number of carboxylic acid groups (broad SMARTS) is 1. The number of nitrogens with zero attached hydrogens (tertiary/aromatic N) is 3. The van der Waals surface area contributed by atoms with E-state index in [2.05, 4.69) is 9.47 Å². The van der Waals surface area contributed by atoms with Crippen LogP contribution in [-0.2, 0) is 24.4 Å². The monoisotopic (exact) mass is 581 g/mol. The summed E-state index contributed by atoms with van der Waals surface area (Å²) in [6.07, 6.45) is 2.65. The second kappa shape index (κ2) is 11.8. The van der Waals surface area contributed by atoms with Crippen molar-refractivity contribution in [2.45, 2.75) is 51.0 Å². The van der Waals surface area contributed by atoms with Crippen molar-refractivity contribution in [3.63, 3.8) is 0 Å². The fourth-order valence-electron chi connectivity index (χ4n) is 5.63. The largest absolute Gasteiger partial charge is 0.489 e. The summed E-state index contributed by atoms with van der Waals surface area (Å²) in [6, 6.07) is 14.0. The highest BCUT2D eigenvalue weighted by atomic mass is 35.5. The quantitative estimate of drug-likeness (QED) is 0.246. The average Bonchev–Trinajstić information content (AvgIpc) is 3.27. The zero-order valence-electron chi connectivity index (χ0n) is 22.4. The van der Waals surface area contributed by atoms with Gasteiger partial charge in [0, 0.05) is 22.8 Å². The van der Waals surface area contributed by atoms with E-state index in [1.807, 2.05) is 0 Å². The molecule has 6 rings (SSSR count). The Balaban J connectivity index is 1.16. The number of hydrogen-bond donors (Lipinski definition) is 1. The van der Waals surface area contributed by atoms with Crippen molar-refractivity contribution in [1.82, 2.24) is 14.5 Å². The van der Waals surface area contributed by atoms with E-state index >= 15 is 0 Å². The minimum Gasteiger partial charge on any atom is -0.489 e. The highest BCUT2D eigenvalue weighted by molar-refractivity contribution is 6.30. The Hall–Kier alpha value is -3.53. The zero-order chi connectivity index (χ0) is 28.5. The van der Waals surface area contributed by atoms with E-state index < -0.39 is 11.8 Å². The first-order valence-electron chi connectivity index (χ1n) is 13.8. The maximum absolute atomic E-state index is 14.3. The Morgan fingerprint density at radius 1 is 1.07 bits per heavy atom. The molecule has 2 fully saturated rings. The molecular weight excluding hydrogens is 552 g/mol. The molecule has 41 heavy (non-hydrogen) atoms. The van der Waals surface area contributed by atoms with Gasteiger partial charge < -0.3 is 19.1 Å². The molecule has 0 unspecified atom stereocenters. The number of rotatable bonds is 9. The van der Waals surface area contributed by atoms with Gasteiger partial charge in [-0.05, 0) is 86.8 Å². The maximum Gasteiger partial charge on any atom is 0.335 e. The van der Waals surface area contributed by atoms with Gasteiger partial charge in [-0.25, -0.2) is 18.6 Å². The highest BCUT2D eigenvalue weighted by Crippen LogP contribution is 2.36. The molecule has 0 spiro atoms. The van der Waals surface area contributed by atoms with Gasteiger partial charge >= 0.3 is 5.97 Å². The molecule has 0 radical (unpaired) electrons. The lowest BCUT2D eigenvalue weighted by atomic mass is 9.88. The van der Waals surface area contributed by atoms with Crippen LogP contribution in [0.2, 0.25) is 5.02 Å². The summed E-state index contributed by atoms with van der Waals surface area (Å²) in [4.78, 5) is 18.8. The van der Waals surface area contributed by atoms with Crippen LogP contribution in [0.4, 0.5) is 8.78 Å². The second-order valence-corrected chi connectivity index (χ2v) is 11.1. The van der Waals surface area contributed by atoms with Gasteiger partial charge in [0.15, 0.2) is 0 Å². The first kappa shape index (κ1) is 27.6. The van der Waals surface area contributed by atoms with Gasteiger partial charge in [-0.3, -0.25) is 4.90 Å². The van der Waals surface area contributed by atoms with E-state index in [-0.39, 0.29) is 30.0 Å². The third kappa shape index (κ3) is 6.07. The lowest BCUT2D eigenvalue weighted by Gasteiger charge is -2.33. The number of imidazole rings is 1. The molecule has 0 amide bonds. The summed E-state index contributed by atoms with van der Waals surface area (Å²) in [6.45, 7) is 3.54. The lowest BCUT2D eigenvalue weighted by molar-refractivity contribution is -0.0592. The summed E-state index contributed by atoms with van der Waals surface area (Å²) in [7, 11) is 0. The number of halogens is 3. The van der Waals surface area contributed by atoms with Crippen molar-refractivity contribution in [3.05, 3.63) is 93.8 Å². The Labute approximate surface area is 241 Å². The topological polar surface area (TPSA) is 76.8 Å². The molecule has 1 atom stereocenters. The fourth-order valence-corrected chi connectivity index (χ4v) is 5.79. The van der Waals surface area contributed by atoms with E-state index in [0.29, 0.717) is 29.4 Å². The number of aromatic nitrogens is 2. The molecule has 1 aromatic heterocycles. The van der Waals surface area contributed by atoms with Crippen LogP contribution >= 0.6 is 11.6 Å². The normalized spacial score (nSPS) is 18.0. The molecule has 7 nitrogen and oxygen atoms in total. The molecule has 3 aromatic carbocycles. The zero-order valence-corrected chi connectivity index (χ0v) is 23.1. The molecule has 1 N–H and O–H groups in total. The molecular formula is C31H30ClF2N3O4. The van der Waals surface area contributed by atoms with E-state index in [4.69, 9.17) is 26.1 Å². The predicted octanol–water partition coefficient (Wildman–Crippen LogP) is 6.41. The first-order valence-corrected chi connectivity index (χ1v) is 14.1. The van der Waals surface area contributed by atoms with Gasteiger partial charge in [0.05, 0.1) is 35.8 Å². The van der Waals surface area contributed by atoms with E-state index in [9.17, 15) is 18.7 Å². The Morgan fingerprint density at radius 3 is 2.59 bits per heavy atom. The third-order valence-electron chi connectivity index (χ3n) is 8.02. The van der Waals surface area contributed by atoms with Gasteiger partial charge in [0.2, 0.25) is 0 Å². The van der Waals surface area contributed by atoms with Crippen molar-refractivity contribution in [3.8, 4) is 5.75 Å². The molecule has 2 saturated heterocycles. The van der Waals surface area contributed by atoms with Crippen LogP contribution < -0.4 is 4.74 Å². The van der Waals surface area contributed by atoms with Crippen LogP contribution in [0.25, 0.3) is 11.0 Å². The maximum atomic E-state index is 14.3. The molecule has 214 valence electrons. The van der Waals surface area contributed by atoms with Gasteiger partial charge in [-0.1, -0.05) is 17.7 Å². The number of likely N-dealkylation sites (tertiary alicyclic amines) is 1. The standard InChI is InChI=1S/C31H30ClF2N3O4/c32-22-3-1-21(26(34)14-22)18-41-29-6-4-23(33)15-25(29)19-7-10-36(11-8-19)17-30-35-27-5-2-20(31(38)39)13-28(27)37(30)16-24-9-12-40-24/h1-6,13-15,19,24H,7-12,16-18H2,(H,38,39)/t24-/m0/s1. The summed E-state index contributed by atoms with van der Waals surface area (Å²) >= 11 is 5.86. The number of fused-ring (bicyclic) bond motifs is 1. The van der Waals surface area contributed by atoms with Crippen LogP contribution in [0, 0.1) is 11.6 Å². The number of carbonyl (C=O) groups is 1. The van der Waals surface area contributed by atoms with Crippen molar-refractivity contribution in [2.75, 3.05) is 19.7 Å². The summed E-state index contributed by atoms with van der Waals surface area (Å²) in [5.74, 6) is -0.231. The van der Waals surface area contributed by atoms with Crippen LogP contribution in [0.5, 0.6) is 5.75 Å². The first-order chi connectivity index (χ1) is 19.8. The average molecular weight is 582 g/mol. The number of hydrogen-bond acceptors (Lipinski definition) is 5. The molecule has 2 aliphatic heterocycles. The smallest absolute Gasteiger partial charge is 0.335 e. The van der Waals surface area contributed by atoms with Gasteiger partial charge in [0.25, 0.3) is 0 Å². The van der Waals surface area contributed by atoms with Crippen molar-refractivity contribution < 1.29 is 28.2 Å². The molecule has 10 heteroatoms. The van der Waals surface area contributed by atoms with E-state index in [1.54, 1.807) is 36.4 Å². The number of piperidine rings is 1. The van der Waals surface area contributed by atoms with Crippen molar-refractivity contribution in [2.24, 2.45) is 0 Å². The lowest BCUT2D eigenvalue weighted by Crippen LogP contribution is -2.35. The number of ether oxygens (including phenoxy) is 2. The summed E-state index contributed by atoms with van der Waals surface area (Å²) in [5, 5.41) is 9.81. The number of benzene rings is 3. The highest BCUT2D eigenvalue weighted by Gasteiger charge is 2.27. The molecule has 0 aliphatic carbocycles. The minimum absolute atomic E-state index is 0.0188. The predicted molar refractivity (Wildman–Crippen MR) is 150 cm³/mol.